The fourth-order valence-electron chi connectivity index (χ4n) is 6.29. The van der Waals surface area contributed by atoms with Gasteiger partial charge in [-0.3, -0.25) is 9.36 Å². The van der Waals surface area contributed by atoms with Crippen molar-refractivity contribution in [3.8, 4) is 17.1 Å². The predicted molar refractivity (Wildman–Crippen MR) is 133 cm³/mol. The molecule has 5 rings (SSSR count). The van der Waals surface area contributed by atoms with Gasteiger partial charge in [0.15, 0.2) is 11.0 Å². The van der Waals surface area contributed by atoms with E-state index in [0.717, 1.165) is 48.2 Å². The normalized spacial score (nSPS) is 29.5. The van der Waals surface area contributed by atoms with Crippen LogP contribution in [0.3, 0.4) is 0 Å². The number of ether oxygens (including phenoxy) is 2. The largest absolute Gasteiger partial charge is 0.497 e. The zero-order valence-electron chi connectivity index (χ0n) is 20.7. The number of nitrogens with zero attached hydrogens (tertiary/aromatic N) is 3. The van der Waals surface area contributed by atoms with Crippen LogP contribution in [-0.2, 0) is 16.1 Å². The summed E-state index contributed by atoms with van der Waals surface area (Å²) in [6, 6.07) is 8.10. The van der Waals surface area contributed by atoms with E-state index in [4.69, 9.17) is 9.47 Å². The molecular weight excluding hydrogens is 448 g/mol. The number of fused-ring (bicyclic) bond motifs is 2. The third-order valence-corrected chi connectivity index (χ3v) is 9.90. The first-order valence-corrected chi connectivity index (χ1v) is 13.4. The summed E-state index contributed by atoms with van der Waals surface area (Å²) in [5, 5.41) is 13.1. The highest BCUT2D eigenvalue weighted by Gasteiger charge is 2.61. The second kappa shape index (κ2) is 9.19. The lowest BCUT2D eigenvalue weighted by molar-refractivity contribution is -0.120. The van der Waals surface area contributed by atoms with Crippen molar-refractivity contribution in [1.29, 1.82) is 0 Å². The van der Waals surface area contributed by atoms with Gasteiger partial charge in [0.2, 0.25) is 5.91 Å². The number of thioether (sulfide) groups is 1. The van der Waals surface area contributed by atoms with E-state index in [1.54, 1.807) is 7.11 Å². The van der Waals surface area contributed by atoms with Crippen molar-refractivity contribution in [3.05, 3.63) is 24.3 Å². The van der Waals surface area contributed by atoms with E-state index in [2.05, 4.69) is 40.9 Å². The Bertz CT molecular complexity index is 1030. The average molecular weight is 485 g/mol. The van der Waals surface area contributed by atoms with Crippen LogP contribution in [-0.4, -0.2) is 52.3 Å². The fraction of sp³-hybridized carbons (Fsp3) is 0.654. The standard InChI is InChI=1S/C26H36N4O3S/c1-25(2)18-11-12-26(25,3)21(14-18)27-22(31)16-34-24-29-28-23(17-7-9-19(32-4)10-8-17)30(24)15-20-6-5-13-33-20/h7-10,18,20-21H,5-6,11-16H2,1-4H3,(H,27,31)/t18-,20+,21+,26-/m1/s1. The first-order chi connectivity index (χ1) is 16.3. The van der Waals surface area contributed by atoms with Crippen molar-refractivity contribution in [2.45, 2.75) is 76.7 Å². The zero-order valence-corrected chi connectivity index (χ0v) is 21.5. The minimum Gasteiger partial charge on any atom is -0.497 e. The Morgan fingerprint density at radius 1 is 1.24 bits per heavy atom. The third kappa shape index (κ3) is 4.13. The van der Waals surface area contributed by atoms with Crippen LogP contribution < -0.4 is 10.1 Å². The molecule has 0 spiro atoms. The fourth-order valence-corrected chi connectivity index (χ4v) is 7.05. The molecule has 3 aliphatic rings. The van der Waals surface area contributed by atoms with Gasteiger partial charge in [-0.1, -0.05) is 32.5 Å². The Morgan fingerprint density at radius 2 is 2.03 bits per heavy atom. The molecule has 184 valence electrons. The summed E-state index contributed by atoms with van der Waals surface area (Å²) in [6.07, 6.45) is 5.83. The van der Waals surface area contributed by atoms with Crippen molar-refractivity contribution in [2.75, 3.05) is 19.5 Å². The molecule has 1 amide bonds. The molecule has 0 unspecified atom stereocenters. The second-order valence-corrected chi connectivity index (χ2v) is 11.7. The summed E-state index contributed by atoms with van der Waals surface area (Å²) < 4.78 is 13.3. The molecule has 34 heavy (non-hydrogen) atoms. The quantitative estimate of drug-likeness (QED) is 0.554. The molecule has 0 radical (unpaired) electrons. The van der Waals surface area contributed by atoms with Crippen LogP contribution in [0.15, 0.2) is 29.4 Å². The number of carbonyl (C=O) groups is 1. The Morgan fingerprint density at radius 3 is 2.65 bits per heavy atom. The summed E-state index contributed by atoms with van der Waals surface area (Å²) in [4.78, 5) is 13.0. The number of carbonyl (C=O) groups excluding carboxylic acids is 1. The summed E-state index contributed by atoms with van der Waals surface area (Å²) >= 11 is 1.46. The van der Waals surface area contributed by atoms with Crippen LogP contribution in [0.1, 0.15) is 52.9 Å². The van der Waals surface area contributed by atoms with Crippen molar-refractivity contribution in [2.24, 2.45) is 16.7 Å². The Labute approximate surface area is 206 Å². The molecule has 1 aliphatic heterocycles. The highest BCUT2D eigenvalue weighted by atomic mass is 32.2. The van der Waals surface area contributed by atoms with Crippen molar-refractivity contribution in [1.82, 2.24) is 20.1 Å². The van der Waals surface area contributed by atoms with Gasteiger partial charge in [-0.15, -0.1) is 10.2 Å². The van der Waals surface area contributed by atoms with E-state index in [1.807, 2.05) is 24.3 Å². The minimum absolute atomic E-state index is 0.0808. The highest BCUT2D eigenvalue weighted by molar-refractivity contribution is 7.99. The van der Waals surface area contributed by atoms with Crippen LogP contribution in [0.25, 0.3) is 11.4 Å². The Kier molecular flexibility index (Phi) is 6.40. The lowest BCUT2D eigenvalue weighted by Gasteiger charge is -2.39. The molecule has 2 bridgehead atoms. The summed E-state index contributed by atoms with van der Waals surface area (Å²) in [5.74, 6) is 2.72. The van der Waals surface area contributed by atoms with Gasteiger partial charge >= 0.3 is 0 Å². The highest BCUT2D eigenvalue weighted by Crippen LogP contribution is 2.65. The van der Waals surface area contributed by atoms with Crippen LogP contribution in [0.4, 0.5) is 0 Å². The maximum absolute atomic E-state index is 13.0. The van der Waals surface area contributed by atoms with E-state index in [-0.39, 0.29) is 28.9 Å². The number of benzene rings is 1. The Hall–Kier alpha value is -2.06. The smallest absolute Gasteiger partial charge is 0.230 e. The summed E-state index contributed by atoms with van der Waals surface area (Å²) in [7, 11) is 1.66. The lowest BCUT2D eigenvalue weighted by atomic mass is 9.69. The van der Waals surface area contributed by atoms with Gasteiger partial charge in [-0.2, -0.15) is 0 Å². The number of hydrogen-bond acceptors (Lipinski definition) is 6. The third-order valence-electron chi connectivity index (χ3n) is 8.94. The number of aromatic nitrogens is 3. The van der Waals surface area contributed by atoms with E-state index >= 15 is 0 Å². The first kappa shape index (κ1) is 23.7. The summed E-state index contributed by atoms with van der Waals surface area (Å²) in [6.45, 7) is 8.60. The topological polar surface area (TPSA) is 78.3 Å². The number of rotatable bonds is 8. The molecule has 1 N–H and O–H groups in total. The Balaban J connectivity index is 1.29. The molecule has 2 aliphatic carbocycles. The van der Waals surface area contributed by atoms with Crippen molar-refractivity contribution >= 4 is 17.7 Å². The van der Waals surface area contributed by atoms with Crippen LogP contribution in [0, 0.1) is 16.7 Å². The van der Waals surface area contributed by atoms with Gasteiger partial charge in [0.05, 0.1) is 25.5 Å². The maximum Gasteiger partial charge on any atom is 0.230 e. The zero-order chi connectivity index (χ0) is 23.9. The lowest BCUT2D eigenvalue weighted by Crippen LogP contribution is -2.47. The molecule has 1 aromatic carbocycles. The predicted octanol–water partition coefficient (Wildman–Crippen LogP) is 4.56. The van der Waals surface area contributed by atoms with Gasteiger partial charge in [0.25, 0.3) is 0 Å². The first-order valence-electron chi connectivity index (χ1n) is 12.4. The second-order valence-electron chi connectivity index (χ2n) is 10.8. The van der Waals surface area contributed by atoms with E-state index in [1.165, 1.54) is 24.6 Å². The van der Waals surface area contributed by atoms with Gasteiger partial charge < -0.3 is 14.8 Å². The summed E-state index contributed by atoms with van der Waals surface area (Å²) in [5.41, 5.74) is 1.44. The molecule has 1 saturated heterocycles. The van der Waals surface area contributed by atoms with E-state index < -0.39 is 0 Å². The molecule has 7 nitrogen and oxygen atoms in total. The monoisotopic (exact) mass is 484 g/mol. The molecule has 8 heteroatoms. The van der Waals surface area contributed by atoms with Crippen LogP contribution in [0.2, 0.25) is 0 Å². The van der Waals surface area contributed by atoms with Gasteiger partial charge in [-0.05, 0) is 73.1 Å². The SMILES string of the molecule is COc1ccc(-c2nnc(SCC(=O)N[C@H]3C[C@H]4CC[C@@]3(C)C4(C)C)n2C[C@@H]2CCCO2)cc1. The number of methoxy groups -OCH3 is 1. The number of nitrogens with one attached hydrogen (secondary N) is 1. The maximum atomic E-state index is 13.0. The molecule has 2 saturated carbocycles. The molecule has 2 heterocycles. The molecule has 3 fully saturated rings. The van der Waals surface area contributed by atoms with Crippen LogP contribution >= 0.6 is 11.8 Å². The number of hydrogen-bond donors (Lipinski definition) is 1. The molecular formula is C26H36N4O3S. The average Bonchev–Trinajstić information content (AvgIpc) is 3.57. The van der Waals surface area contributed by atoms with Gasteiger partial charge in [0, 0.05) is 18.2 Å². The van der Waals surface area contributed by atoms with Crippen molar-refractivity contribution in [3.63, 3.8) is 0 Å². The van der Waals surface area contributed by atoms with Gasteiger partial charge in [0.1, 0.15) is 5.75 Å². The molecule has 4 atom stereocenters. The van der Waals surface area contributed by atoms with E-state index in [0.29, 0.717) is 18.2 Å². The minimum atomic E-state index is 0.0808. The van der Waals surface area contributed by atoms with Crippen molar-refractivity contribution < 1.29 is 14.3 Å². The number of amides is 1. The molecule has 1 aromatic heterocycles. The van der Waals surface area contributed by atoms with Gasteiger partial charge in [-0.25, -0.2) is 0 Å². The van der Waals surface area contributed by atoms with Crippen LogP contribution in [0.5, 0.6) is 5.75 Å². The van der Waals surface area contributed by atoms with E-state index in [9.17, 15) is 4.79 Å². The molecule has 2 aromatic rings.